The number of rotatable bonds is 10. The van der Waals surface area contributed by atoms with Gasteiger partial charge in [-0.15, -0.1) is 0 Å². The summed E-state index contributed by atoms with van der Waals surface area (Å²) in [6.45, 7) is 5.65. The fourth-order valence-electron chi connectivity index (χ4n) is 5.57. The summed E-state index contributed by atoms with van der Waals surface area (Å²) >= 11 is 0. The summed E-state index contributed by atoms with van der Waals surface area (Å²) in [7, 11) is 1.71. The van der Waals surface area contributed by atoms with E-state index in [4.69, 9.17) is 5.41 Å². The number of nitrogens with one attached hydrogen (secondary N) is 3. The van der Waals surface area contributed by atoms with E-state index in [1.165, 1.54) is 12.1 Å². The number of pyridine rings is 1. The van der Waals surface area contributed by atoms with Crippen molar-refractivity contribution in [3.8, 4) is 5.69 Å². The summed E-state index contributed by atoms with van der Waals surface area (Å²) in [5, 5.41) is 15.7. The summed E-state index contributed by atoms with van der Waals surface area (Å²) in [5.41, 5.74) is 3.35. The lowest BCUT2D eigenvalue weighted by molar-refractivity contribution is -0.127. The van der Waals surface area contributed by atoms with Crippen LogP contribution >= 0.6 is 0 Å². The molecule has 3 aromatic rings. The zero-order valence-electron chi connectivity index (χ0n) is 22.7. The van der Waals surface area contributed by atoms with E-state index in [1.54, 1.807) is 32.4 Å². The molecule has 3 atom stereocenters. The van der Waals surface area contributed by atoms with E-state index in [1.807, 2.05) is 30.7 Å². The van der Waals surface area contributed by atoms with Gasteiger partial charge in [-0.3, -0.25) is 14.6 Å². The quantitative estimate of drug-likeness (QED) is 0.320. The molecule has 7 nitrogen and oxygen atoms in total. The predicted molar refractivity (Wildman–Crippen MR) is 149 cm³/mol. The number of Topliss-reactive ketones (excluding diaryl/α,β-unsaturated/α-hetero) is 1. The minimum absolute atomic E-state index is 0.00458. The largest absolute Gasteiger partial charge is 0.344 e. The van der Waals surface area contributed by atoms with Crippen LogP contribution in [0.15, 0.2) is 42.9 Å². The highest BCUT2D eigenvalue weighted by Gasteiger charge is 2.36. The van der Waals surface area contributed by atoms with Crippen LogP contribution in [-0.4, -0.2) is 46.1 Å². The van der Waals surface area contributed by atoms with Gasteiger partial charge in [-0.2, -0.15) is 0 Å². The average Bonchev–Trinajstić information content (AvgIpc) is 3.27. The highest BCUT2D eigenvalue weighted by atomic mass is 19.1. The number of nitrogens with zero attached hydrogens (tertiary/aromatic N) is 2. The van der Waals surface area contributed by atoms with E-state index in [0.29, 0.717) is 6.42 Å². The molecule has 202 valence electrons. The lowest BCUT2D eigenvalue weighted by Crippen LogP contribution is -2.53. The third-order valence-electron chi connectivity index (χ3n) is 7.94. The van der Waals surface area contributed by atoms with Gasteiger partial charge in [0.2, 0.25) is 5.91 Å². The third kappa shape index (κ3) is 5.70. The van der Waals surface area contributed by atoms with Crippen LogP contribution in [0.1, 0.15) is 69.4 Å². The number of aromatic nitrogens is 2. The molecule has 1 fully saturated rings. The minimum atomic E-state index is -0.706. The molecule has 1 saturated carbocycles. The summed E-state index contributed by atoms with van der Waals surface area (Å²) < 4.78 is 15.8. The number of fused-ring (bicyclic) bond motifs is 1. The van der Waals surface area contributed by atoms with Gasteiger partial charge in [-0.05, 0) is 81.5 Å². The molecule has 0 bridgehead atoms. The van der Waals surface area contributed by atoms with E-state index in [-0.39, 0.29) is 29.1 Å². The highest BCUT2D eigenvalue weighted by molar-refractivity contribution is 6.42. The second-order valence-electron chi connectivity index (χ2n) is 10.5. The number of carbonyl (C=O) groups excluding carboxylic acids is 2. The Morgan fingerprint density at radius 2 is 1.92 bits per heavy atom. The number of amides is 1. The number of ketones is 1. The molecule has 1 aliphatic rings. The highest BCUT2D eigenvalue weighted by Crippen LogP contribution is 2.31. The molecular weight excluding hydrogens is 481 g/mol. The first-order chi connectivity index (χ1) is 18.2. The Bertz CT molecular complexity index is 1330. The maximum absolute atomic E-state index is 13.8. The Kier molecular flexibility index (Phi) is 8.72. The number of hydrogen-bond acceptors (Lipinski definition) is 5. The Balaban J connectivity index is 1.64. The lowest BCUT2D eigenvalue weighted by atomic mass is 9.78. The van der Waals surface area contributed by atoms with Crippen LogP contribution < -0.4 is 10.6 Å². The number of carbonyl (C=O) groups is 2. The van der Waals surface area contributed by atoms with Gasteiger partial charge in [0.1, 0.15) is 5.82 Å². The Labute approximate surface area is 223 Å². The molecule has 3 N–H and O–H groups in total. The van der Waals surface area contributed by atoms with Gasteiger partial charge >= 0.3 is 0 Å². The van der Waals surface area contributed by atoms with Crippen LogP contribution in [0.2, 0.25) is 0 Å². The molecule has 1 amide bonds. The molecule has 38 heavy (non-hydrogen) atoms. The van der Waals surface area contributed by atoms with Crippen molar-refractivity contribution in [2.45, 2.75) is 77.3 Å². The Hall–Kier alpha value is -3.39. The molecule has 1 aliphatic carbocycles. The molecule has 2 heterocycles. The van der Waals surface area contributed by atoms with Crippen molar-refractivity contribution in [2.75, 3.05) is 7.05 Å². The predicted octanol–water partition coefficient (Wildman–Crippen LogP) is 5.23. The smallest absolute Gasteiger partial charge is 0.237 e. The van der Waals surface area contributed by atoms with E-state index in [0.717, 1.165) is 59.8 Å². The van der Waals surface area contributed by atoms with Gasteiger partial charge < -0.3 is 20.6 Å². The number of likely N-dealkylation sites (N-methyl/N-ethyl adjacent to an activating group) is 1. The van der Waals surface area contributed by atoms with Crippen molar-refractivity contribution in [3.05, 3.63) is 59.8 Å². The molecule has 4 rings (SSSR count). The van der Waals surface area contributed by atoms with Gasteiger partial charge in [0.15, 0.2) is 5.78 Å². The maximum Gasteiger partial charge on any atom is 0.237 e. The zero-order valence-corrected chi connectivity index (χ0v) is 22.7. The van der Waals surface area contributed by atoms with Gasteiger partial charge in [-0.1, -0.05) is 26.2 Å². The van der Waals surface area contributed by atoms with Crippen LogP contribution in [0.5, 0.6) is 0 Å². The molecule has 0 aliphatic heterocycles. The number of aryl methyl sites for hydroxylation is 1. The van der Waals surface area contributed by atoms with Crippen molar-refractivity contribution in [2.24, 2.45) is 5.92 Å². The molecule has 2 aromatic heterocycles. The van der Waals surface area contributed by atoms with Gasteiger partial charge in [0, 0.05) is 23.7 Å². The summed E-state index contributed by atoms with van der Waals surface area (Å²) in [4.78, 5) is 31.0. The molecule has 0 saturated heterocycles. The minimum Gasteiger partial charge on any atom is -0.344 e. The van der Waals surface area contributed by atoms with Gasteiger partial charge in [-0.25, -0.2) is 4.39 Å². The third-order valence-corrected chi connectivity index (χ3v) is 7.94. The van der Waals surface area contributed by atoms with E-state index in [9.17, 15) is 14.0 Å². The van der Waals surface area contributed by atoms with Crippen molar-refractivity contribution in [3.63, 3.8) is 0 Å². The SMILES string of the molecule is CC[C@H](C(=N)C(=O)[C@@H](NC(=O)[C@H](C)NC)C1CCCCC1)c1cncc(-n2cc(C)c3cc(F)ccc32)c1. The Morgan fingerprint density at radius 3 is 2.61 bits per heavy atom. The molecule has 8 heteroatoms. The van der Waals surface area contributed by atoms with Crippen molar-refractivity contribution in [1.29, 1.82) is 5.41 Å². The van der Waals surface area contributed by atoms with Crippen LogP contribution in [-0.2, 0) is 9.59 Å². The standard InChI is InChI=1S/C30H38FN5O2/c1-5-24(27(32)29(37)28(20-9-7-6-8-10-20)35-30(38)19(3)33-4)21-13-23(16-34-15-21)36-17-18(2)25-14-22(31)11-12-26(25)36/h11-17,19-20,24,28,32-33H,5-10H2,1-4H3,(H,35,38)/t19-,24-,28-/m0/s1. The van der Waals surface area contributed by atoms with Crippen LogP contribution in [0, 0.1) is 24.1 Å². The average molecular weight is 520 g/mol. The fourth-order valence-corrected chi connectivity index (χ4v) is 5.57. The van der Waals surface area contributed by atoms with E-state index < -0.39 is 18.0 Å². The van der Waals surface area contributed by atoms with Crippen molar-refractivity contribution >= 4 is 28.3 Å². The number of hydrogen-bond donors (Lipinski definition) is 3. The first kappa shape index (κ1) is 27.6. The first-order valence-corrected chi connectivity index (χ1v) is 13.6. The molecule has 0 unspecified atom stereocenters. The zero-order chi connectivity index (χ0) is 27.4. The van der Waals surface area contributed by atoms with Gasteiger partial charge in [0.05, 0.1) is 35.2 Å². The van der Waals surface area contributed by atoms with Crippen LogP contribution in [0.3, 0.4) is 0 Å². The van der Waals surface area contributed by atoms with Crippen LogP contribution in [0.25, 0.3) is 16.6 Å². The second-order valence-corrected chi connectivity index (χ2v) is 10.5. The van der Waals surface area contributed by atoms with Crippen molar-refractivity contribution in [1.82, 2.24) is 20.2 Å². The maximum atomic E-state index is 13.8. The molecule has 0 radical (unpaired) electrons. The summed E-state index contributed by atoms with van der Waals surface area (Å²) in [5.74, 6) is -1.26. The number of halogens is 1. The lowest BCUT2D eigenvalue weighted by Gasteiger charge is -2.32. The summed E-state index contributed by atoms with van der Waals surface area (Å²) in [6, 6.07) is 5.52. The molecule has 1 aromatic carbocycles. The normalized spacial score (nSPS) is 16.7. The molecular formula is C30H38FN5O2. The first-order valence-electron chi connectivity index (χ1n) is 13.6. The van der Waals surface area contributed by atoms with E-state index in [2.05, 4.69) is 15.6 Å². The fraction of sp³-hybridized carbons (Fsp3) is 0.467. The van der Waals surface area contributed by atoms with Crippen molar-refractivity contribution < 1.29 is 14.0 Å². The summed E-state index contributed by atoms with van der Waals surface area (Å²) in [6.07, 6.45) is 10.8. The van der Waals surface area contributed by atoms with Crippen LogP contribution in [0.4, 0.5) is 4.39 Å². The number of benzene rings is 1. The van der Waals surface area contributed by atoms with Gasteiger partial charge in [0.25, 0.3) is 0 Å². The topological polar surface area (TPSA) is 99.9 Å². The van der Waals surface area contributed by atoms with E-state index >= 15 is 0 Å². The monoisotopic (exact) mass is 519 g/mol. The Morgan fingerprint density at radius 1 is 1.18 bits per heavy atom. The molecule has 0 spiro atoms. The second kappa shape index (κ2) is 12.0.